The van der Waals surface area contributed by atoms with E-state index in [0.29, 0.717) is 11.0 Å². The highest BCUT2D eigenvalue weighted by Crippen LogP contribution is 2.39. The van der Waals surface area contributed by atoms with E-state index in [1.165, 1.54) is 24.4 Å². The number of nitrogens with one attached hydrogen (secondary N) is 1. The van der Waals surface area contributed by atoms with Gasteiger partial charge in [0.25, 0.3) is 0 Å². The summed E-state index contributed by atoms with van der Waals surface area (Å²) in [5.41, 5.74) is 1.97. The zero-order valence-electron chi connectivity index (χ0n) is 5.24. The molecular formula is C5H7N3OS. The fraction of sp³-hybridized carbons (Fsp3) is 0.600. The van der Waals surface area contributed by atoms with Crippen LogP contribution in [0.1, 0.15) is 24.6 Å². The average molecular weight is 157 g/mol. The second-order valence-corrected chi connectivity index (χ2v) is 3.10. The Kier molecular flexibility index (Phi) is 1.32. The Hall–Kier alpha value is -0.680. The van der Waals surface area contributed by atoms with Crippen molar-refractivity contribution in [2.24, 2.45) is 0 Å². The maximum Gasteiger partial charge on any atom is 0.226 e. The van der Waals surface area contributed by atoms with Gasteiger partial charge in [-0.2, -0.15) is 4.37 Å². The van der Waals surface area contributed by atoms with E-state index in [2.05, 4.69) is 9.36 Å². The highest BCUT2D eigenvalue weighted by atomic mass is 32.1. The van der Waals surface area contributed by atoms with Gasteiger partial charge in [-0.05, 0) is 12.8 Å². The highest BCUT2D eigenvalue weighted by molar-refractivity contribution is 7.09. The number of nitrogens with zero attached hydrogens (tertiary/aromatic N) is 2. The summed E-state index contributed by atoms with van der Waals surface area (Å²) in [6.45, 7) is 0. The number of aromatic nitrogens is 2. The minimum absolute atomic E-state index is 0.488. The molecule has 0 atom stereocenters. The highest BCUT2D eigenvalue weighted by Gasteiger charge is 2.27. The van der Waals surface area contributed by atoms with Crippen LogP contribution >= 0.6 is 11.5 Å². The first kappa shape index (κ1) is 6.06. The molecule has 54 valence electrons. The largest absolute Gasteiger partial charge is 0.289 e. The smallest absolute Gasteiger partial charge is 0.226 e. The van der Waals surface area contributed by atoms with Crippen molar-refractivity contribution in [1.29, 1.82) is 0 Å². The van der Waals surface area contributed by atoms with Crippen LogP contribution in [0.25, 0.3) is 0 Å². The molecule has 0 aromatic carbocycles. The summed E-state index contributed by atoms with van der Waals surface area (Å²) in [6, 6.07) is 0. The van der Waals surface area contributed by atoms with E-state index < -0.39 is 0 Å². The lowest BCUT2D eigenvalue weighted by Gasteiger charge is -1.84. The van der Waals surface area contributed by atoms with Gasteiger partial charge in [0.05, 0.1) is 0 Å². The van der Waals surface area contributed by atoms with E-state index in [9.17, 15) is 0 Å². The van der Waals surface area contributed by atoms with Gasteiger partial charge in [0, 0.05) is 17.5 Å². The van der Waals surface area contributed by atoms with Crippen LogP contribution in [0.3, 0.4) is 0 Å². The van der Waals surface area contributed by atoms with Crippen molar-refractivity contribution < 1.29 is 5.21 Å². The van der Waals surface area contributed by atoms with Gasteiger partial charge in [0.2, 0.25) is 5.13 Å². The maximum atomic E-state index is 8.41. The lowest BCUT2D eigenvalue weighted by Crippen LogP contribution is -1.88. The predicted octanol–water partition coefficient (Wildman–Crippen LogP) is 1.22. The Morgan fingerprint density at radius 3 is 2.90 bits per heavy atom. The maximum absolute atomic E-state index is 8.41. The summed E-state index contributed by atoms with van der Waals surface area (Å²) in [5.74, 6) is 1.44. The molecule has 0 saturated heterocycles. The van der Waals surface area contributed by atoms with E-state index in [4.69, 9.17) is 5.21 Å². The number of hydrogen-bond acceptors (Lipinski definition) is 5. The van der Waals surface area contributed by atoms with Crippen molar-refractivity contribution >= 4 is 16.7 Å². The van der Waals surface area contributed by atoms with E-state index in [1.54, 1.807) is 0 Å². The van der Waals surface area contributed by atoms with Crippen LogP contribution in [0.4, 0.5) is 5.13 Å². The van der Waals surface area contributed by atoms with E-state index in [-0.39, 0.29) is 0 Å². The van der Waals surface area contributed by atoms with Crippen molar-refractivity contribution in [1.82, 2.24) is 9.36 Å². The van der Waals surface area contributed by atoms with E-state index >= 15 is 0 Å². The number of hydrogen-bond donors (Lipinski definition) is 2. The predicted molar refractivity (Wildman–Crippen MR) is 37.3 cm³/mol. The third-order valence-corrected chi connectivity index (χ3v) is 2.11. The molecule has 0 aliphatic heterocycles. The molecule has 1 aromatic heterocycles. The van der Waals surface area contributed by atoms with Crippen molar-refractivity contribution in [2.45, 2.75) is 18.8 Å². The molecule has 0 bridgehead atoms. The minimum atomic E-state index is 0.488. The molecule has 5 heteroatoms. The van der Waals surface area contributed by atoms with Crippen LogP contribution in [0.5, 0.6) is 0 Å². The molecule has 2 N–H and O–H groups in total. The molecule has 1 fully saturated rings. The molecular weight excluding hydrogens is 150 g/mol. The van der Waals surface area contributed by atoms with Crippen LogP contribution in [-0.2, 0) is 0 Å². The fourth-order valence-electron chi connectivity index (χ4n) is 0.788. The van der Waals surface area contributed by atoms with Crippen molar-refractivity contribution in [2.75, 3.05) is 5.48 Å². The Labute approximate surface area is 62.0 Å². The van der Waals surface area contributed by atoms with Crippen molar-refractivity contribution in [3.05, 3.63) is 5.82 Å². The molecule has 2 rings (SSSR count). The summed E-state index contributed by atoms with van der Waals surface area (Å²) in [6.07, 6.45) is 2.39. The molecule has 1 aromatic rings. The first-order valence-corrected chi connectivity index (χ1v) is 3.91. The summed E-state index contributed by atoms with van der Waals surface area (Å²) in [5, 5.41) is 8.90. The van der Waals surface area contributed by atoms with Crippen LogP contribution < -0.4 is 5.48 Å². The van der Waals surface area contributed by atoms with Crippen LogP contribution in [-0.4, -0.2) is 14.6 Å². The van der Waals surface area contributed by atoms with Crippen molar-refractivity contribution in [3.8, 4) is 0 Å². The average Bonchev–Trinajstić information content (AvgIpc) is 2.70. The van der Waals surface area contributed by atoms with Gasteiger partial charge < -0.3 is 0 Å². The molecule has 0 radical (unpaired) electrons. The molecule has 10 heavy (non-hydrogen) atoms. The molecule has 1 heterocycles. The van der Waals surface area contributed by atoms with Crippen molar-refractivity contribution in [3.63, 3.8) is 0 Å². The molecule has 1 saturated carbocycles. The molecule has 0 unspecified atom stereocenters. The minimum Gasteiger partial charge on any atom is -0.289 e. The second-order valence-electron chi connectivity index (χ2n) is 2.34. The Balaban J connectivity index is 2.19. The van der Waals surface area contributed by atoms with Gasteiger partial charge in [-0.25, -0.2) is 10.5 Å². The lowest BCUT2D eigenvalue weighted by atomic mass is 10.4. The summed E-state index contributed by atoms with van der Waals surface area (Å²) >= 11 is 1.20. The zero-order chi connectivity index (χ0) is 6.97. The standard InChI is InChI=1S/C5H7N3OS/c9-7-5-6-4(8-10-5)3-1-2-3/h3,9H,1-2H2,(H,6,7,8). The fourth-order valence-corrected chi connectivity index (χ4v) is 1.33. The summed E-state index contributed by atoms with van der Waals surface area (Å²) in [4.78, 5) is 4.04. The lowest BCUT2D eigenvalue weighted by molar-refractivity contribution is 0.388. The second kappa shape index (κ2) is 2.17. The van der Waals surface area contributed by atoms with Crippen LogP contribution in [0.2, 0.25) is 0 Å². The van der Waals surface area contributed by atoms with Gasteiger partial charge in [0.15, 0.2) is 0 Å². The van der Waals surface area contributed by atoms with Crippen LogP contribution in [0.15, 0.2) is 0 Å². The molecule has 0 spiro atoms. The number of rotatable bonds is 2. The number of anilines is 1. The van der Waals surface area contributed by atoms with Gasteiger partial charge >= 0.3 is 0 Å². The van der Waals surface area contributed by atoms with Gasteiger partial charge in [-0.1, -0.05) is 0 Å². The monoisotopic (exact) mass is 157 g/mol. The Morgan fingerprint density at radius 2 is 2.40 bits per heavy atom. The van der Waals surface area contributed by atoms with Gasteiger partial charge in [0.1, 0.15) is 5.82 Å². The van der Waals surface area contributed by atoms with E-state index in [0.717, 1.165) is 5.82 Å². The molecule has 1 aliphatic rings. The quantitative estimate of drug-likeness (QED) is 0.634. The SMILES string of the molecule is ONc1nc(C2CC2)ns1. The normalized spacial score (nSPS) is 17.3. The first-order chi connectivity index (χ1) is 4.90. The Bertz CT molecular complexity index is 233. The summed E-state index contributed by atoms with van der Waals surface area (Å²) in [7, 11) is 0. The van der Waals surface area contributed by atoms with Gasteiger partial charge in [-0.3, -0.25) is 5.21 Å². The topological polar surface area (TPSA) is 58.0 Å². The molecule has 0 amide bonds. The first-order valence-electron chi connectivity index (χ1n) is 3.14. The third-order valence-electron chi connectivity index (χ3n) is 1.48. The Morgan fingerprint density at radius 1 is 1.60 bits per heavy atom. The molecule has 1 aliphatic carbocycles. The zero-order valence-corrected chi connectivity index (χ0v) is 6.06. The third kappa shape index (κ3) is 0.975. The summed E-state index contributed by atoms with van der Waals surface area (Å²) < 4.78 is 4.06. The van der Waals surface area contributed by atoms with Gasteiger partial charge in [-0.15, -0.1) is 0 Å². The van der Waals surface area contributed by atoms with E-state index in [1.807, 2.05) is 5.48 Å². The van der Waals surface area contributed by atoms with Crippen LogP contribution in [0, 0.1) is 0 Å². The molecule has 4 nitrogen and oxygen atoms in total.